The molecule has 7 heteroatoms. The molecule has 0 saturated carbocycles. The molecule has 1 aromatic heterocycles. The summed E-state index contributed by atoms with van der Waals surface area (Å²) in [7, 11) is 0. The number of Topliss-reactive ketones (excluding diaryl/α,β-unsaturated/α-hetero) is 1. The highest BCUT2D eigenvalue weighted by atomic mass is 16.6. The van der Waals surface area contributed by atoms with Crippen molar-refractivity contribution in [3.05, 3.63) is 63.5 Å². The van der Waals surface area contributed by atoms with Gasteiger partial charge in [0.2, 0.25) is 0 Å². The van der Waals surface area contributed by atoms with E-state index in [1.807, 2.05) is 0 Å². The van der Waals surface area contributed by atoms with E-state index in [0.29, 0.717) is 11.1 Å². The van der Waals surface area contributed by atoms with Crippen LogP contribution in [0.3, 0.4) is 0 Å². The lowest BCUT2D eigenvalue weighted by molar-refractivity contribution is -0.385. The largest absolute Gasteiger partial charge is 0.456 e. The molecule has 0 radical (unpaired) electrons. The van der Waals surface area contributed by atoms with E-state index in [1.165, 1.54) is 37.4 Å². The highest BCUT2D eigenvalue weighted by Crippen LogP contribution is 2.19. The molecule has 0 aliphatic rings. The number of nitrogens with zero attached hydrogens (tertiary/aromatic N) is 1. The molecule has 0 aliphatic carbocycles. The van der Waals surface area contributed by atoms with Crippen LogP contribution in [0.5, 0.6) is 0 Å². The highest BCUT2D eigenvalue weighted by molar-refractivity contribution is 5.97. The van der Waals surface area contributed by atoms with E-state index in [1.54, 1.807) is 6.07 Å². The Labute approximate surface area is 119 Å². The number of H-pyrrole nitrogens is 1. The normalized spacial score (nSPS) is 10.1. The van der Waals surface area contributed by atoms with Crippen molar-refractivity contribution >= 4 is 17.4 Å². The van der Waals surface area contributed by atoms with Crippen LogP contribution in [0.4, 0.5) is 5.69 Å². The summed E-state index contributed by atoms with van der Waals surface area (Å²) >= 11 is 0. The van der Waals surface area contributed by atoms with Crippen molar-refractivity contribution in [2.45, 2.75) is 13.5 Å². The smallest absolute Gasteiger partial charge is 0.355 e. The van der Waals surface area contributed by atoms with E-state index < -0.39 is 10.9 Å². The Bertz CT molecular complexity index is 705. The van der Waals surface area contributed by atoms with Crippen LogP contribution in [0.2, 0.25) is 0 Å². The van der Waals surface area contributed by atoms with Crippen LogP contribution in [0.25, 0.3) is 0 Å². The minimum absolute atomic E-state index is 0.110. The third-order valence-corrected chi connectivity index (χ3v) is 2.86. The first-order valence-electron chi connectivity index (χ1n) is 6.08. The fraction of sp³-hybridized carbons (Fsp3) is 0.143. The van der Waals surface area contributed by atoms with Crippen molar-refractivity contribution in [2.24, 2.45) is 0 Å². The number of hydrogen-bond donors (Lipinski definition) is 1. The third kappa shape index (κ3) is 3.33. The van der Waals surface area contributed by atoms with Gasteiger partial charge in [0.25, 0.3) is 5.69 Å². The summed E-state index contributed by atoms with van der Waals surface area (Å²) in [5.74, 6) is -0.857. The van der Waals surface area contributed by atoms with Crippen molar-refractivity contribution in [2.75, 3.05) is 0 Å². The second-order valence-electron chi connectivity index (χ2n) is 4.32. The second-order valence-corrected chi connectivity index (χ2v) is 4.32. The number of nitro groups is 1. The van der Waals surface area contributed by atoms with Gasteiger partial charge in [-0.05, 0) is 19.1 Å². The number of para-hydroxylation sites is 1. The van der Waals surface area contributed by atoms with Gasteiger partial charge in [-0.15, -0.1) is 0 Å². The van der Waals surface area contributed by atoms with Gasteiger partial charge in [-0.25, -0.2) is 4.79 Å². The van der Waals surface area contributed by atoms with Crippen LogP contribution < -0.4 is 0 Å². The number of ether oxygens (including phenoxy) is 1. The molecular weight excluding hydrogens is 276 g/mol. The Balaban J connectivity index is 2.07. The zero-order chi connectivity index (χ0) is 15.4. The average molecular weight is 288 g/mol. The number of rotatable bonds is 5. The van der Waals surface area contributed by atoms with Gasteiger partial charge >= 0.3 is 5.97 Å². The number of nitro benzene ring substituents is 1. The van der Waals surface area contributed by atoms with E-state index in [-0.39, 0.29) is 23.8 Å². The third-order valence-electron chi connectivity index (χ3n) is 2.86. The zero-order valence-corrected chi connectivity index (χ0v) is 11.2. The van der Waals surface area contributed by atoms with Crippen molar-refractivity contribution < 1.29 is 19.2 Å². The molecule has 2 rings (SSSR count). The van der Waals surface area contributed by atoms with Crippen LogP contribution >= 0.6 is 0 Å². The molecule has 108 valence electrons. The molecule has 1 aromatic carbocycles. The number of ketones is 1. The average Bonchev–Trinajstić information content (AvgIpc) is 2.95. The first kappa shape index (κ1) is 14.4. The van der Waals surface area contributed by atoms with Crippen molar-refractivity contribution in [3.63, 3.8) is 0 Å². The van der Waals surface area contributed by atoms with Crippen molar-refractivity contribution in [3.8, 4) is 0 Å². The summed E-state index contributed by atoms with van der Waals surface area (Å²) in [4.78, 5) is 35.9. The molecule has 0 saturated heterocycles. The predicted octanol–water partition coefficient (Wildman–Crippen LogP) is 2.48. The SMILES string of the molecule is CC(=O)c1c[nH]c(C(=O)OCc2ccccc2[N+](=O)[O-])c1. The Kier molecular flexibility index (Phi) is 4.13. The zero-order valence-electron chi connectivity index (χ0n) is 11.2. The molecule has 0 fully saturated rings. The quantitative estimate of drug-likeness (QED) is 0.394. The summed E-state index contributed by atoms with van der Waals surface area (Å²) in [6.07, 6.45) is 1.41. The van der Waals surface area contributed by atoms with E-state index in [4.69, 9.17) is 4.74 Å². The lowest BCUT2D eigenvalue weighted by atomic mass is 10.2. The summed E-state index contributed by atoms with van der Waals surface area (Å²) in [6, 6.07) is 7.39. The fourth-order valence-electron chi connectivity index (χ4n) is 1.75. The Hall–Kier alpha value is -2.96. The first-order valence-corrected chi connectivity index (χ1v) is 6.08. The van der Waals surface area contributed by atoms with Crippen molar-refractivity contribution in [1.29, 1.82) is 0 Å². The fourth-order valence-corrected chi connectivity index (χ4v) is 1.75. The number of carbonyl (C=O) groups is 2. The minimum Gasteiger partial charge on any atom is -0.456 e. The molecule has 21 heavy (non-hydrogen) atoms. The van der Waals surface area contributed by atoms with Crippen LogP contribution in [0.1, 0.15) is 33.3 Å². The van der Waals surface area contributed by atoms with E-state index >= 15 is 0 Å². The highest BCUT2D eigenvalue weighted by Gasteiger charge is 2.16. The maximum atomic E-state index is 11.8. The molecule has 0 unspecified atom stereocenters. The monoisotopic (exact) mass is 288 g/mol. The van der Waals surface area contributed by atoms with E-state index in [0.717, 1.165) is 0 Å². The number of carbonyl (C=O) groups excluding carboxylic acids is 2. The molecule has 7 nitrogen and oxygen atoms in total. The Morgan fingerprint density at radius 2 is 2.05 bits per heavy atom. The van der Waals surface area contributed by atoms with Crippen LogP contribution in [0.15, 0.2) is 36.5 Å². The van der Waals surface area contributed by atoms with Crippen LogP contribution in [0, 0.1) is 10.1 Å². The maximum Gasteiger partial charge on any atom is 0.355 e. The summed E-state index contributed by atoms with van der Waals surface area (Å²) < 4.78 is 5.01. The molecule has 0 atom stereocenters. The van der Waals surface area contributed by atoms with Gasteiger partial charge in [0.1, 0.15) is 12.3 Å². The minimum atomic E-state index is -0.680. The topological polar surface area (TPSA) is 102 Å². The van der Waals surface area contributed by atoms with Gasteiger partial charge in [-0.3, -0.25) is 14.9 Å². The number of benzene rings is 1. The van der Waals surface area contributed by atoms with Gasteiger partial charge in [0.05, 0.1) is 10.5 Å². The molecule has 0 amide bonds. The van der Waals surface area contributed by atoms with Crippen LogP contribution in [-0.4, -0.2) is 21.7 Å². The predicted molar refractivity (Wildman–Crippen MR) is 73.0 cm³/mol. The summed E-state index contributed by atoms with van der Waals surface area (Å²) in [5.41, 5.74) is 0.682. The van der Waals surface area contributed by atoms with Gasteiger partial charge in [-0.1, -0.05) is 12.1 Å². The lowest BCUT2D eigenvalue weighted by Crippen LogP contribution is -2.07. The number of esters is 1. The van der Waals surface area contributed by atoms with Gasteiger partial charge in [-0.2, -0.15) is 0 Å². The molecule has 1 N–H and O–H groups in total. The number of nitrogens with one attached hydrogen (secondary N) is 1. The molecule has 1 heterocycles. The molecule has 0 bridgehead atoms. The standard InChI is InChI=1S/C14H12N2O5/c1-9(17)11-6-12(15-7-11)14(18)21-8-10-4-2-3-5-13(10)16(19)20/h2-7,15H,8H2,1H3. The first-order chi connectivity index (χ1) is 9.99. The second kappa shape index (κ2) is 6.00. The number of hydrogen-bond acceptors (Lipinski definition) is 5. The Morgan fingerprint density at radius 3 is 2.67 bits per heavy atom. The van der Waals surface area contributed by atoms with E-state index in [2.05, 4.69) is 4.98 Å². The summed E-state index contributed by atoms with van der Waals surface area (Å²) in [6.45, 7) is 1.16. The molecular formula is C14H12N2O5. The summed E-state index contributed by atoms with van der Waals surface area (Å²) in [5, 5.41) is 10.8. The lowest BCUT2D eigenvalue weighted by Gasteiger charge is -2.04. The molecule has 2 aromatic rings. The van der Waals surface area contributed by atoms with E-state index in [9.17, 15) is 19.7 Å². The number of aromatic amines is 1. The molecule has 0 spiro atoms. The number of aromatic nitrogens is 1. The Morgan fingerprint density at radius 1 is 1.33 bits per heavy atom. The van der Waals surface area contributed by atoms with Gasteiger partial charge < -0.3 is 9.72 Å². The molecule has 0 aliphatic heterocycles. The maximum absolute atomic E-state index is 11.8. The van der Waals surface area contributed by atoms with Crippen molar-refractivity contribution in [1.82, 2.24) is 4.98 Å². The van der Waals surface area contributed by atoms with Gasteiger partial charge in [0.15, 0.2) is 5.78 Å². The van der Waals surface area contributed by atoms with Gasteiger partial charge in [0, 0.05) is 17.8 Å². The van der Waals surface area contributed by atoms with Crippen LogP contribution in [-0.2, 0) is 11.3 Å².